The summed E-state index contributed by atoms with van der Waals surface area (Å²) < 4.78 is 28.7. The van der Waals surface area contributed by atoms with E-state index in [1.807, 2.05) is 42.5 Å². The molecule has 6 rings (SSSR count). The van der Waals surface area contributed by atoms with E-state index in [1.165, 1.54) is 7.11 Å². The number of rotatable bonds is 4. The van der Waals surface area contributed by atoms with E-state index in [0.29, 0.717) is 86.2 Å². The minimum Gasteiger partial charge on any atom is -0.497 e. The molecule has 3 heterocycles. The fourth-order valence-electron chi connectivity index (χ4n) is 5.75. The molecule has 11 nitrogen and oxygen atoms in total. The normalized spacial score (nSPS) is 20.1. The molecule has 0 radical (unpaired) electrons. The Morgan fingerprint density at radius 2 is 1.91 bits per heavy atom. The van der Waals surface area contributed by atoms with Crippen LogP contribution in [0.4, 0.5) is 0 Å². The molecule has 3 aromatic rings. The molecule has 0 spiro atoms. The van der Waals surface area contributed by atoms with E-state index in [9.17, 15) is 14.4 Å². The van der Waals surface area contributed by atoms with Gasteiger partial charge in [-0.3, -0.25) is 14.4 Å². The van der Waals surface area contributed by atoms with Gasteiger partial charge in [-0.05, 0) is 66.8 Å². The number of likely N-dealkylation sites (tertiary alicyclic amines) is 1. The predicted octanol–water partition coefficient (Wildman–Crippen LogP) is 3.97. The van der Waals surface area contributed by atoms with Gasteiger partial charge in [-0.1, -0.05) is 18.2 Å². The summed E-state index contributed by atoms with van der Waals surface area (Å²) in [6, 6.07) is 17.9. The van der Waals surface area contributed by atoms with Crippen LogP contribution in [0.2, 0.25) is 0 Å². The fourth-order valence-corrected chi connectivity index (χ4v) is 5.75. The highest BCUT2D eigenvalue weighted by molar-refractivity contribution is 5.95. The molecular formula is C34H37N3O8. The molecule has 236 valence electrons. The summed E-state index contributed by atoms with van der Waals surface area (Å²) >= 11 is 0. The van der Waals surface area contributed by atoms with Gasteiger partial charge >= 0.3 is 0 Å². The number of methoxy groups -OCH3 is 1. The summed E-state index contributed by atoms with van der Waals surface area (Å²) in [5.41, 5.74) is 2.28. The third-order valence-corrected chi connectivity index (χ3v) is 8.16. The van der Waals surface area contributed by atoms with Crippen molar-refractivity contribution in [3.05, 3.63) is 77.4 Å². The van der Waals surface area contributed by atoms with Crippen molar-refractivity contribution in [3.8, 4) is 28.7 Å². The minimum atomic E-state index is -0.374. The van der Waals surface area contributed by atoms with Gasteiger partial charge in [0.1, 0.15) is 17.2 Å². The lowest BCUT2D eigenvalue weighted by molar-refractivity contribution is -0.137. The van der Waals surface area contributed by atoms with E-state index in [0.717, 1.165) is 11.1 Å². The van der Waals surface area contributed by atoms with Gasteiger partial charge in [0.2, 0.25) is 18.6 Å². The molecule has 1 fully saturated rings. The van der Waals surface area contributed by atoms with Gasteiger partial charge in [0.05, 0.1) is 25.9 Å². The van der Waals surface area contributed by atoms with E-state index in [1.54, 1.807) is 23.1 Å². The number of piperidine rings is 1. The summed E-state index contributed by atoms with van der Waals surface area (Å²) in [7, 11) is 1.53. The largest absolute Gasteiger partial charge is 0.497 e. The molecule has 45 heavy (non-hydrogen) atoms. The average molecular weight is 616 g/mol. The van der Waals surface area contributed by atoms with Gasteiger partial charge in [-0.25, -0.2) is 0 Å². The van der Waals surface area contributed by atoms with Crippen LogP contribution in [0.1, 0.15) is 47.2 Å². The van der Waals surface area contributed by atoms with Crippen LogP contribution in [0.15, 0.2) is 60.7 Å². The molecule has 3 aliphatic heterocycles. The van der Waals surface area contributed by atoms with Gasteiger partial charge in [0, 0.05) is 44.1 Å². The zero-order chi connectivity index (χ0) is 31.2. The molecular weight excluding hydrogens is 578 g/mol. The average Bonchev–Trinajstić information content (AvgIpc) is 3.52. The Kier molecular flexibility index (Phi) is 9.35. The van der Waals surface area contributed by atoms with Crippen molar-refractivity contribution in [1.82, 2.24) is 15.5 Å². The number of nitrogens with zero attached hydrogens (tertiary/aromatic N) is 1. The quantitative estimate of drug-likeness (QED) is 0.452. The summed E-state index contributed by atoms with van der Waals surface area (Å²) in [6.07, 6.45) is 1.88. The highest BCUT2D eigenvalue weighted by Gasteiger charge is 2.33. The lowest BCUT2D eigenvalue weighted by Crippen LogP contribution is -2.57. The summed E-state index contributed by atoms with van der Waals surface area (Å²) in [6.45, 7) is 1.71. The molecule has 0 unspecified atom stereocenters. The maximum Gasteiger partial charge on any atom is 0.251 e. The Morgan fingerprint density at radius 1 is 1.02 bits per heavy atom. The Morgan fingerprint density at radius 3 is 2.80 bits per heavy atom. The topological polar surface area (TPSA) is 125 Å². The first-order valence-electron chi connectivity index (χ1n) is 15.2. The molecule has 3 aliphatic rings. The van der Waals surface area contributed by atoms with Crippen molar-refractivity contribution >= 4 is 17.7 Å². The van der Waals surface area contributed by atoms with Crippen molar-refractivity contribution in [1.29, 1.82) is 0 Å². The smallest absolute Gasteiger partial charge is 0.251 e. The molecule has 0 aromatic heterocycles. The summed E-state index contributed by atoms with van der Waals surface area (Å²) in [5.74, 6) is 2.54. The molecule has 3 aromatic carbocycles. The van der Waals surface area contributed by atoms with Crippen LogP contribution in [0.25, 0.3) is 0 Å². The zero-order valence-electron chi connectivity index (χ0n) is 25.2. The Hall–Kier alpha value is -4.77. The third kappa shape index (κ3) is 7.66. The van der Waals surface area contributed by atoms with E-state index >= 15 is 0 Å². The summed E-state index contributed by atoms with van der Waals surface area (Å²) in [4.78, 5) is 41.0. The Bertz CT molecular complexity index is 1560. The number of benzene rings is 3. The number of hydrogen-bond acceptors (Lipinski definition) is 8. The first-order chi connectivity index (χ1) is 21.9. The lowest BCUT2D eigenvalue weighted by Gasteiger charge is -2.39. The second-order valence-electron chi connectivity index (χ2n) is 11.3. The highest BCUT2D eigenvalue weighted by Crippen LogP contribution is 2.33. The van der Waals surface area contributed by atoms with Crippen molar-refractivity contribution in [2.75, 3.05) is 33.5 Å². The number of carbonyl (C=O) groups excluding carboxylic acids is 3. The second-order valence-corrected chi connectivity index (χ2v) is 11.3. The molecule has 11 heteroatoms. The fraction of sp³-hybridized carbons (Fsp3) is 0.382. The van der Waals surface area contributed by atoms with Gasteiger partial charge in [0.25, 0.3) is 5.91 Å². The maximum atomic E-state index is 13.3. The van der Waals surface area contributed by atoms with Gasteiger partial charge in [-0.15, -0.1) is 0 Å². The van der Waals surface area contributed by atoms with Crippen LogP contribution < -0.4 is 29.6 Å². The van der Waals surface area contributed by atoms with Gasteiger partial charge in [-0.2, -0.15) is 0 Å². The van der Waals surface area contributed by atoms with Gasteiger partial charge in [0.15, 0.2) is 11.5 Å². The number of carbonyl (C=O) groups is 3. The SMILES string of the molecule is COc1cc2cc(c1)C(=O)NCCCC(=O)N[C@H]1CN(C(=O)CCc3ccc4c(c3)OCO4)CC[C@@H]1OCc1cccc(c1)O2. The zero-order valence-corrected chi connectivity index (χ0v) is 25.2. The minimum absolute atomic E-state index is 0.0206. The number of fused-ring (bicyclic) bond motifs is 6. The van der Waals surface area contributed by atoms with Crippen molar-refractivity contribution in [2.24, 2.45) is 0 Å². The van der Waals surface area contributed by atoms with Crippen LogP contribution in [-0.4, -0.2) is 68.3 Å². The molecule has 0 saturated carbocycles. The van der Waals surface area contributed by atoms with E-state index in [2.05, 4.69) is 10.6 Å². The lowest BCUT2D eigenvalue weighted by atomic mass is 10.00. The van der Waals surface area contributed by atoms with Crippen LogP contribution >= 0.6 is 0 Å². The Labute approximate surface area is 261 Å². The Balaban J connectivity index is 1.14. The van der Waals surface area contributed by atoms with Gasteiger partial charge < -0.3 is 39.2 Å². The van der Waals surface area contributed by atoms with E-state index < -0.39 is 0 Å². The first-order valence-corrected chi connectivity index (χ1v) is 15.2. The monoisotopic (exact) mass is 615 g/mol. The van der Waals surface area contributed by atoms with Crippen LogP contribution in [0, 0.1) is 0 Å². The number of amides is 3. The third-order valence-electron chi connectivity index (χ3n) is 8.16. The highest BCUT2D eigenvalue weighted by atomic mass is 16.7. The molecule has 0 aliphatic carbocycles. The molecule has 1 saturated heterocycles. The number of ether oxygens (including phenoxy) is 5. The standard InChI is InChI=1S/C34H37N3O8/c1-41-26-16-24-17-27(18-26)45-25-5-2-4-23(14-25)20-42-29-11-13-37(19-28(29)36-32(38)6-3-12-35-34(24)40)33(39)10-8-22-7-9-30-31(15-22)44-21-43-30/h2,4-5,7,9,14-18,28-29H,3,6,8,10-13,19-21H2,1H3,(H,35,40)(H,36,38)/t28-,29-/m0/s1. The first kappa shape index (κ1) is 30.3. The van der Waals surface area contributed by atoms with Crippen molar-refractivity contribution in [2.45, 2.75) is 50.9 Å². The molecule has 2 atom stereocenters. The predicted molar refractivity (Wildman–Crippen MR) is 164 cm³/mol. The van der Waals surface area contributed by atoms with Crippen molar-refractivity contribution in [3.63, 3.8) is 0 Å². The molecule has 3 amide bonds. The maximum absolute atomic E-state index is 13.3. The van der Waals surface area contributed by atoms with Crippen LogP contribution in [0.5, 0.6) is 28.7 Å². The summed E-state index contributed by atoms with van der Waals surface area (Å²) in [5, 5.41) is 5.98. The molecule has 4 bridgehead atoms. The van der Waals surface area contributed by atoms with E-state index in [-0.39, 0.29) is 43.1 Å². The van der Waals surface area contributed by atoms with Crippen LogP contribution in [-0.2, 0) is 27.4 Å². The molecule has 2 N–H and O–H groups in total. The van der Waals surface area contributed by atoms with E-state index in [4.69, 9.17) is 23.7 Å². The number of nitrogens with one attached hydrogen (secondary N) is 2. The van der Waals surface area contributed by atoms with Crippen LogP contribution in [0.3, 0.4) is 0 Å². The number of aryl methyl sites for hydroxylation is 1. The number of hydrogen-bond donors (Lipinski definition) is 2. The van der Waals surface area contributed by atoms with Crippen molar-refractivity contribution < 1.29 is 38.1 Å². The second kappa shape index (κ2) is 13.9.